The van der Waals surface area contributed by atoms with Crippen molar-refractivity contribution in [2.45, 2.75) is 26.7 Å². The van der Waals surface area contributed by atoms with E-state index in [1.54, 1.807) is 13.8 Å². The van der Waals surface area contributed by atoms with Crippen molar-refractivity contribution in [3.8, 4) is 6.07 Å². The molecule has 0 radical (unpaired) electrons. The van der Waals surface area contributed by atoms with Gasteiger partial charge < -0.3 is 5.21 Å². The second-order valence-corrected chi connectivity index (χ2v) is 3.22. The number of hydrogen-bond acceptors (Lipinski definition) is 3. The van der Waals surface area contributed by atoms with Gasteiger partial charge in [-0.15, -0.1) is 0 Å². The number of nitrogens with zero attached hydrogens (tertiary/aromatic N) is 2. The molecule has 1 N–H and O–H groups in total. The van der Waals surface area contributed by atoms with Crippen molar-refractivity contribution in [2.24, 2.45) is 10.6 Å². The van der Waals surface area contributed by atoms with E-state index in [-0.39, 0.29) is 5.71 Å². The third-order valence-electron chi connectivity index (χ3n) is 1.89. The van der Waals surface area contributed by atoms with Gasteiger partial charge in [0.05, 0.1) is 11.8 Å². The van der Waals surface area contributed by atoms with E-state index in [0.29, 0.717) is 12.8 Å². The Morgan fingerprint density at radius 2 is 2.25 bits per heavy atom. The van der Waals surface area contributed by atoms with E-state index in [9.17, 15) is 4.39 Å². The van der Waals surface area contributed by atoms with Crippen molar-refractivity contribution in [3.63, 3.8) is 0 Å². The minimum absolute atomic E-state index is 0.0951. The Balaban J connectivity index is 4.28. The topological polar surface area (TPSA) is 56.4 Å². The fourth-order valence-corrected chi connectivity index (χ4v) is 0.856. The Hall–Kier alpha value is -1.11. The molecule has 0 saturated carbocycles. The van der Waals surface area contributed by atoms with Crippen LogP contribution in [0.5, 0.6) is 0 Å². The molecule has 0 aliphatic carbocycles. The summed E-state index contributed by atoms with van der Waals surface area (Å²) < 4.78 is 12.2. The second-order valence-electron chi connectivity index (χ2n) is 3.22. The summed E-state index contributed by atoms with van der Waals surface area (Å²) in [6.07, 6.45) is 0.846. The maximum Gasteiger partial charge on any atom is 0.131 e. The van der Waals surface area contributed by atoms with Crippen LogP contribution in [-0.2, 0) is 0 Å². The molecule has 68 valence electrons. The zero-order valence-corrected chi connectivity index (χ0v) is 7.34. The summed E-state index contributed by atoms with van der Waals surface area (Å²) in [5.41, 5.74) is -0.433. The van der Waals surface area contributed by atoms with E-state index >= 15 is 0 Å². The van der Waals surface area contributed by atoms with E-state index < -0.39 is 12.1 Å². The first-order valence-corrected chi connectivity index (χ1v) is 3.73. The third-order valence-corrected chi connectivity index (χ3v) is 1.89. The third kappa shape index (κ3) is 2.87. The van der Waals surface area contributed by atoms with E-state index in [0.717, 1.165) is 0 Å². The fraction of sp³-hybridized carbons (Fsp3) is 0.750. The highest BCUT2D eigenvalue weighted by Crippen LogP contribution is 2.24. The Morgan fingerprint density at radius 3 is 2.58 bits per heavy atom. The Bertz CT molecular complexity index is 206. The van der Waals surface area contributed by atoms with Crippen molar-refractivity contribution in [3.05, 3.63) is 0 Å². The van der Waals surface area contributed by atoms with Gasteiger partial charge in [0, 0.05) is 11.8 Å². The number of hydrogen-bond donors (Lipinski definition) is 1. The lowest BCUT2D eigenvalue weighted by molar-refractivity contribution is 0.301. The van der Waals surface area contributed by atoms with Gasteiger partial charge in [-0.3, -0.25) is 0 Å². The molecule has 0 saturated heterocycles. The van der Waals surface area contributed by atoms with Crippen LogP contribution in [0.15, 0.2) is 5.16 Å². The minimum Gasteiger partial charge on any atom is -0.411 e. The molecule has 0 aromatic heterocycles. The highest BCUT2D eigenvalue weighted by atomic mass is 19.1. The van der Waals surface area contributed by atoms with Crippen molar-refractivity contribution in [2.75, 3.05) is 6.67 Å². The highest BCUT2D eigenvalue weighted by Gasteiger charge is 2.25. The average Bonchev–Trinajstić information content (AvgIpc) is 2.03. The highest BCUT2D eigenvalue weighted by molar-refractivity contribution is 5.90. The van der Waals surface area contributed by atoms with Crippen LogP contribution in [0, 0.1) is 16.7 Å². The summed E-state index contributed by atoms with van der Waals surface area (Å²) in [7, 11) is 0. The molecule has 0 bridgehead atoms. The Kier molecular flexibility index (Phi) is 4.27. The van der Waals surface area contributed by atoms with Crippen LogP contribution >= 0.6 is 0 Å². The van der Waals surface area contributed by atoms with Gasteiger partial charge in [-0.2, -0.15) is 5.26 Å². The molecular formula is C8H13FN2O. The number of rotatable bonds is 4. The lowest BCUT2D eigenvalue weighted by atomic mass is 9.83. The lowest BCUT2D eigenvalue weighted by Crippen LogP contribution is -2.25. The van der Waals surface area contributed by atoms with E-state index in [1.165, 1.54) is 0 Å². The van der Waals surface area contributed by atoms with Crippen molar-refractivity contribution >= 4 is 5.71 Å². The lowest BCUT2D eigenvalue weighted by Gasteiger charge is -2.22. The van der Waals surface area contributed by atoms with Gasteiger partial charge in [0.2, 0.25) is 0 Å². The van der Waals surface area contributed by atoms with E-state index in [1.807, 2.05) is 6.07 Å². The maximum absolute atomic E-state index is 12.2. The number of halogens is 1. The molecule has 0 spiro atoms. The summed E-state index contributed by atoms with van der Waals surface area (Å²) >= 11 is 0. The van der Waals surface area contributed by atoms with Crippen LogP contribution < -0.4 is 0 Å². The molecule has 0 aliphatic heterocycles. The van der Waals surface area contributed by atoms with Gasteiger partial charge in [0.1, 0.15) is 6.67 Å². The van der Waals surface area contributed by atoms with Crippen LogP contribution in [0.2, 0.25) is 0 Å². The van der Waals surface area contributed by atoms with Crippen LogP contribution in [0.4, 0.5) is 4.39 Å². The van der Waals surface area contributed by atoms with E-state index in [2.05, 4.69) is 5.16 Å². The predicted molar refractivity (Wildman–Crippen MR) is 43.8 cm³/mol. The van der Waals surface area contributed by atoms with E-state index in [4.69, 9.17) is 10.5 Å². The summed E-state index contributed by atoms with van der Waals surface area (Å²) in [5.74, 6) is 0. The first-order chi connectivity index (χ1) is 5.58. The molecule has 3 nitrogen and oxygen atoms in total. The predicted octanol–water partition coefficient (Wildman–Crippen LogP) is 2.12. The monoisotopic (exact) mass is 172 g/mol. The SMILES string of the molecule is CC(C)(CCC#N)/C(CF)=N\O. The molecule has 0 fully saturated rings. The maximum atomic E-state index is 12.2. The molecule has 0 atom stereocenters. The zero-order valence-electron chi connectivity index (χ0n) is 7.34. The number of alkyl halides is 1. The normalized spacial score (nSPS) is 12.7. The van der Waals surface area contributed by atoms with Crippen molar-refractivity contribution in [1.82, 2.24) is 0 Å². The fourth-order valence-electron chi connectivity index (χ4n) is 0.856. The molecular weight excluding hydrogens is 159 g/mol. The smallest absolute Gasteiger partial charge is 0.131 e. The van der Waals surface area contributed by atoms with Crippen LogP contribution in [0.3, 0.4) is 0 Å². The summed E-state index contributed by atoms with van der Waals surface area (Å²) in [4.78, 5) is 0. The van der Waals surface area contributed by atoms with Gasteiger partial charge in [-0.05, 0) is 6.42 Å². The molecule has 0 heterocycles. The molecule has 0 amide bonds. The first-order valence-electron chi connectivity index (χ1n) is 3.73. The molecule has 0 aromatic rings. The van der Waals surface area contributed by atoms with Crippen LogP contribution in [0.25, 0.3) is 0 Å². The number of oxime groups is 1. The van der Waals surface area contributed by atoms with Crippen molar-refractivity contribution < 1.29 is 9.60 Å². The Labute approximate surface area is 71.5 Å². The quantitative estimate of drug-likeness (QED) is 0.401. The second kappa shape index (κ2) is 4.70. The molecule has 0 unspecified atom stereocenters. The zero-order chi connectivity index (χ0) is 9.61. The van der Waals surface area contributed by atoms with Crippen molar-refractivity contribution in [1.29, 1.82) is 5.26 Å². The van der Waals surface area contributed by atoms with Gasteiger partial charge in [0.25, 0.3) is 0 Å². The largest absolute Gasteiger partial charge is 0.411 e. The van der Waals surface area contributed by atoms with Gasteiger partial charge in [0.15, 0.2) is 0 Å². The molecule has 4 heteroatoms. The van der Waals surface area contributed by atoms with Crippen LogP contribution in [0.1, 0.15) is 26.7 Å². The van der Waals surface area contributed by atoms with Gasteiger partial charge >= 0.3 is 0 Å². The molecule has 0 rings (SSSR count). The minimum atomic E-state index is -0.769. The summed E-state index contributed by atoms with van der Waals surface area (Å²) in [6.45, 7) is 2.73. The Morgan fingerprint density at radius 1 is 1.67 bits per heavy atom. The summed E-state index contributed by atoms with van der Waals surface area (Å²) in [5, 5.41) is 19.6. The van der Waals surface area contributed by atoms with Crippen LogP contribution in [-0.4, -0.2) is 17.6 Å². The number of nitriles is 1. The average molecular weight is 172 g/mol. The molecule has 0 aromatic carbocycles. The first kappa shape index (κ1) is 10.9. The van der Waals surface area contributed by atoms with Gasteiger partial charge in [-0.25, -0.2) is 4.39 Å². The molecule has 12 heavy (non-hydrogen) atoms. The summed E-state index contributed by atoms with van der Waals surface area (Å²) in [6, 6.07) is 1.97. The van der Waals surface area contributed by atoms with Gasteiger partial charge in [-0.1, -0.05) is 19.0 Å². The standard InChI is InChI=1S/C8H13FN2O/c1-8(2,4-3-5-10)7(6-9)11-12/h12H,3-4,6H2,1-2H3/b11-7-. The molecule has 0 aliphatic rings.